The maximum absolute atomic E-state index is 12.3. The zero-order valence-corrected chi connectivity index (χ0v) is 15.1. The molecular weight excluding hydrogens is 304 g/mol. The average Bonchev–Trinajstić information content (AvgIpc) is 2.84. The van der Waals surface area contributed by atoms with Crippen LogP contribution >= 0.6 is 11.3 Å². The van der Waals surface area contributed by atoms with E-state index in [-0.39, 0.29) is 6.04 Å². The highest BCUT2D eigenvalue weighted by molar-refractivity contribution is 7.91. The molecule has 6 heteroatoms. The van der Waals surface area contributed by atoms with Crippen molar-refractivity contribution in [2.45, 2.75) is 63.8 Å². The Hall–Kier alpha value is -0.430. The van der Waals surface area contributed by atoms with Crippen molar-refractivity contribution in [2.24, 2.45) is 5.92 Å². The van der Waals surface area contributed by atoms with Crippen molar-refractivity contribution in [1.29, 1.82) is 0 Å². The standard InChI is InChI=1S/C15H28N2O2S2/c1-5-16-10-14-9-15(20-11-14)21(18,19)17-13(4)8-6-7-12(2)3/h9,11-13,16-17H,5-8,10H2,1-4H3. The van der Waals surface area contributed by atoms with Crippen LogP contribution in [-0.4, -0.2) is 21.0 Å². The first-order valence-electron chi connectivity index (χ1n) is 7.65. The molecule has 0 saturated carbocycles. The molecule has 4 nitrogen and oxygen atoms in total. The Morgan fingerprint density at radius 1 is 1.24 bits per heavy atom. The lowest BCUT2D eigenvalue weighted by Crippen LogP contribution is -2.32. The number of thiophene rings is 1. The summed E-state index contributed by atoms with van der Waals surface area (Å²) < 4.78 is 27.8. The van der Waals surface area contributed by atoms with Gasteiger partial charge in [0.25, 0.3) is 0 Å². The van der Waals surface area contributed by atoms with Crippen LogP contribution in [-0.2, 0) is 16.6 Å². The Kier molecular flexibility index (Phi) is 7.87. The van der Waals surface area contributed by atoms with Crippen molar-refractivity contribution in [2.75, 3.05) is 6.54 Å². The molecule has 1 aromatic heterocycles. The van der Waals surface area contributed by atoms with E-state index in [1.807, 2.05) is 19.2 Å². The minimum atomic E-state index is -3.37. The Bertz CT molecular complexity index is 509. The summed E-state index contributed by atoms with van der Waals surface area (Å²) in [5.41, 5.74) is 1.02. The first-order valence-corrected chi connectivity index (χ1v) is 10.0. The average molecular weight is 333 g/mol. The summed E-state index contributed by atoms with van der Waals surface area (Å²) in [6.45, 7) is 9.93. The van der Waals surface area contributed by atoms with E-state index in [4.69, 9.17) is 0 Å². The highest BCUT2D eigenvalue weighted by Gasteiger charge is 2.19. The van der Waals surface area contributed by atoms with Crippen LogP contribution in [0.3, 0.4) is 0 Å². The van der Waals surface area contributed by atoms with Gasteiger partial charge < -0.3 is 5.32 Å². The molecule has 1 unspecified atom stereocenters. The molecule has 0 spiro atoms. The zero-order chi connectivity index (χ0) is 15.9. The van der Waals surface area contributed by atoms with Gasteiger partial charge in [-0.1, -0.05) is 33.6 Å². The van der Waals surface area contributed by atoms with Crippen LogP contribution in [0.1, 0.15) is 52.5 Å². The summed E-state index contributed by atoms with van der Waals surface area (Å²) in [5, 5.41) is 5.10. The van der Waals surface area contributed by atoms with Gasteiger partial charge in [0.15, 0.2) is 0 Å². The van der Waals surface area contributed by atoms with Gasteiger partial charge in [-0.3, -0.25) is 0 Å². The molecule has 0 aliphatic rings. The summed E-state index contributed by atoms with van der Waals surface area (Å²) >= 11 is 1.29. The summed E-state index contributed by atoms with van der Waals surface area (Å²) in [6.07, 6.45) is 3.07. The molecule has 1 atom stereocenters. The predicted octanol–water partition coefficient (Wildman–Crippen LogP) is 3.35. The number of hydrogen-bond acceptors (Lipinski definition) is 4. The fourth-order valence-electron chi connectivity index (χ4n) is 2.07. The predicted molar refractivity (Wildman–Crippen MR) is 90.2 cm³/mol. The third kappa shape index (κ3) is 6.91. The number of sulfonamides is 1. The molecule has 122 valence electrons. The molecule has 1 aromatic rings. The summed E-state index contributed by atoms with van der Waals surface area (Å²) in [6, 6.07) is 1.74. The first kappa shape index (κ1) is 18.6. The number of nitrogens with one attached hydrogen (secondary N) is 2. The Morgan fingerprint density at radius 2 is 1.95 bits per heavy atom. The molecule has 0 saturated heterocycles. The van der Waals surface area contributed by atoms with Crippen molar-refractivity contribution in [3.63, 3.8) is 0 Å². The third-order valence-electron chi connectivity index (χ3n) is 3.25. The van der Waals surface area contributed by atoms with E-state index < -0.39 is 10.0 Å². The van der Waals surface area contributed by atoms with Crippen LogP contribution in [0.4, 0.5) is 0 Å². The van der Waals surface area contributed by atoms with Gasteiger partial charge in [-0.2, -0.15) is 0 Å². The normalized spacial score (nSPS) is 13.8. The summed E-state index contributed by atoms with van der Waals surface area (Å²) in [5.74, 6) is 0.666. The van der Waals surface area contributed by atoms with E-state index in [1.165, 1.54) is 11.3 Å². The molecule has 0 radical (unpaired) electrons. The second-order valence-electron chi connectivity index (χ2n) is 5.90. The largest absolute Gasteiger partial charge is 0.313 e. The van der Waals surface area contributed by atoms with Gasteiger partial charge in [-0.25, -0.2) is 13.1 Å². The van der Waals surface area contributed by atoms with Crippen LogP contribution in [0.5, 0.6) is 0 Å². The van der Waals surface area contributed by atoms with Crippen LogP contribution in [0.25, 0.3) is 0 Å². The van der Waals surface area contributed by atoms with Crippen LogP contribution < -0.4 is 10.0 Å². The second kappa shape index (κ2) is 8.88. The summed E-state index contributed by atoms with van der Waals surface area (Å²) in [4.78, 5) is 0. The lowest BCUT2D eigenvalue weighted by Gasteiger charge is -2.14. The highest BCUT2D eigenvalue weighted by Crippen LogP contribution is 2.21. The smallest absolute Gasteiger partial charge is 0.250 e. The van der Waals surface area contributed by atoms with E-state index in [0.717, 1.165) is 31.4 Å². The van der Waals surface area contributed by atoms with Gasteiger partial charge in [-0.05, 0) is 42.8 Å². The SMILES string of the molecule is CCNCc1csc(S(=O)(=O)NC(C)CCCC(C)C)c1. The van der Waals surface area contributed by atoms with E-state index >= 15 is 0 Å². The molecule has 0 aliphatic carbocycles. The minimum absolute atomic E-state index is 0.0203. The second-order valence-corrected chi connectivity index (χ2v) is 8.75. The zero-order valence-electron chi connectivity index (χ0n) is 13.5. The van der Waals surface area contributed by atoms with Gasteiger partial charge in [0.2, 0.25) is 10.0 Å². The topological polar surface area (TPSA) is 58.2 Å². The number of rotatable bonds is 10. The molecular formula is C15H28N2O2S2. The number of hydrogen-bond donors (Lipinski definition) is 2. The fraction of sp³-hybridized carbons (Fsp3) is 0.733. The van der Waals surface area contributed by atoms with Crippen molar-refractivity contribution >= 4 is 21.4 Å². The van der Waals surface area contributed by atoms with Gasteiger partial charge >= 0.3 is 0 Å². The maximum atomic E-state index is 12.3. The van der Waals surface area contributed by atoms with Gasteiger partial charge in [0.05, 0.1) is 0 Å². The lowest BCUT2D eigenvalue weighted by atomic mass is 10.0. The van der Waals surface area contributed by atoms with Gasteiger partial charge in [0.1, 0.15) is 4.21 Å². The Balaban J connectivity index is 2.54. The molecule has 0 bridgehead atoms. The van der Waals surface area contributed by atoms with Crippen molar-refractivity contribution in [3.8, 4) is 0 Å². The lowest BCUT2D eigenvalue weighted by molar-refractivity contribution is 0.489. The minimum Gasteiger partial charge on any atom is -0.313 e. The molecule has 0 aromatic carbocycles. The van der Waals surface area contributed by atoms with Crippen LogP contribution in [0.15, 0.2) is 15.7 Å². The van der Waals surface area contributed by atoms with E-state index in [0.29, 0.717) is 16.7 Å². The molecule has 0 aliphatic heterocycles. The fourth-order valence-corrected chi connectivity index (χ4v) is 4.57. The monoisotopic (exact) mass is 332 g/mol. The van der Waals surface area contributed by atoms with Crippen molar-refractivity contribution in [1.82, 2.24) is 10.0 Å². The molecule has 0 fully saturated rings. The van der Waals surface area contributed by atoms with E-state index in [9.17, 15) is 8.42 Å². The Morgan fingerprint density at radius 3 is 2.57 bits per heavy atom. The van der Waals surface area contributed by atoms with Crippen LogP contribution in [0, 0.1) is 5.92 Å². The Labute approximate surface area is 133 Å². The highest BCUT2D eigenvalue weighted by atomic mass is 32.2. The molecule has 2 N–H and O–H groups in total. The molecule has 21 heavy (non-hydrogen) atoms. The van der Waals surface area contributed by atoms with Crippen molar-refractivity contribution < 1.29 is 8.42 Å². The third-order valence-corrected chi connectivity index (χ3v) is 6.33. The van der Waals surface area contributed by atoms with E-state index in [2.05, 4.69) is 23.9 Å². The summed E-state index contributed by atoms with van der Waals surface area (Å²) in [7, 11) is -3.37. The first-order chi connectivity index (χ1) is 9.85. The van der Waals surface area contributed by atoms with Gasteiger partial charge in [0, 0.05) is 12.6 Å². The maximum Gasteiger partial charge on any atom is 0.250 e. The van der Waals surface area contributed by atoms with Crippen LogP contribution in [0.2, 0.25) is 0 Å². The molecule has 1 rings (SSSR count). The molecule has 0 amide bonds. The van der Waals surface area contributed by atoms with Gasteiger partial charge in [-0.15, -0.1) is 11.3 Å². The molecule has 1 heterocycles. The van der Waals surface area contributed by atoms with E-state index in [1.54, 1.807) is 6.07 Å². The van der Waals surface area contributed by atoms with Crippen molar-refractivity contribution in [3.05, 3.63) is 17.0 Å². The quantitative estimate of drug-likeness (QED) is 0.691.